The third kappa shape index (κ3) is 4.59. The molecular formula is C14H18O. The Hall–Kier alpha value is -1.37. The average molecular weight is 202 g/mol. The summed E-state index contributed by atoms with van der Waals surface area (Å²) < 4.78 is 0. The molecule has 0 unspecified atom stereocenters. The third-order valence-corrected chi connectivity index (χ3v) is 2.26. The van der Waals surface area contributed by atoms with Crippen molar-refractivity contribution in [2.75, 3.05) is 0 Å². The lowest BCUT2D eigenvalue weighted by molar-refractivity contribution is 0.0980. The van der Waals surface area contributed by atoms with Gasteiger partial charge in [-0.1, -0.05) is 42.0 Å². The van der Waals surface area contributed by atoms with Gasteiger partial charge in [0.2, 0.25) is 0 Å². The fourth-order valence-electron chi connectivity index (χ4n) is 1.42. The Morgan fingerprint density at radius 2 is 1.87 bits per heavy atom. The van der Waals surface area contributed by atoms with Gasteiger partial charge < -0.3 is 0 Å². The van der Waals surface area contributed by atoms with Crippen LogP contribution in [0.1, 0.15) is 43.5 Å². The number of ketones is 1. The molecule has 1 rings (SSSR count). The zero-order valence-corrected chi connectivity index (χ0v) is 9.49. The molecule has 0 saturated heterocycles. The second-order valence-electron chi connectivity index (χ2n) is 3.96. The van der Waals surface area contributed by atoms with Gasteiger partial charge in [-0.25, -0.2) is 0 Å². The minimum atomic E-state index is 0.248. The number of carbonyl (C=O) groups excluding carboxylic acids is 1. The zero-order chi connectivity index (χ0) is 11.1. The first kappa shape index (κ1) is 11.7. The van der Waals surface area contributed by atoms with Crippen LogP contribution in [-0.2, 0) is 0 Å². The van der Waals surface area contributed by atoms with Gasteiger partial charge in [-0.2, -0.15) is 0 Å². The molecule has 0 fully saturated rings. The molecule has 0 saturated carbocycles. The minimum absolute atomic E-state index is 0.248. The predicted octanol–water partition coefficient (Wildman–Crippen LogP) is 4.01. The largest absolute Gasteiger partial charge is 0.294 e. The summed E-state index contributed by atoms with van der Waals surface area (Å²) >= 11 is 0. The maximum absolute atomic E-state index is 11.7. The molecule has 0 aliphatic carbocycles. The highest BCUT2D eigenvalue weighted by Gasteiger charge is 2.02. The summed E-state index contributed by atoms with van der Waals surface area (Å²) in [5.74, 6) is 0.248. The first-order chi connectivity index (χ1) is 7.20. The molecule has 1 nitrogen and oxygen atoms in total. The number of Topliss-reactive ketones (excluding diaryl/α,β-unsaturated/α-hetero) is 1. The monoisotopic (exact) mass is 202 g/mol. The first-order valence-corrected chi connectivity index (χ1v) is 5.42. The summed E-state index contributed by atoms with van der Waals surface area (Å²) in [5, 5.41) is 0. The van der Waals surface area contributed by atoms with E-state index in [0.29, 0.717) is 6.42 Å². The summed E-state index contributed by atoms with van der Waals surface area (Å²) in [6.07, 6.45) is 4.77. The number of unbranched alkanes of at least 4 members (excludes halogenated alkanes) is 1. The molecule has 80 valence electrons. The van der Waals surface area contributed by atoms with Gasteiger partial charge in [-0.05, 0) is 26.7 Å². The standard InChI is InChI=1S/C14H18O/c1-12(2)8-6-7-11-14(15)13-9-4-3-5-10-13/h3-5,8-10H,6-7,11H2,1-2H3. The molecule has 1 aromatic rings. The van der Waals surface area contributed by atoms with Gasteiger partial charge in [-0.15, -0.1) is 0 Å². The molecule has 1 heteroatoms. The van der Waals surface area contributed by atoms with Gasteiger partial charge in [-0.3, -0.25) is 4.79 Å². The molecule has 0 bridgehead atoms. The molecule has 0 amide bonds. The molecule has 0 aromatic heterocycles. The first-order valence-electron chi connectivity index (χ1n) is 5.42. The van der Waals surface area contributed by atoms with Crippen LogP contribution in [0, 0.1) is 0 Å². The van der Waals surface area contributed by atoms with Crippen molar-refractivity contribution in [2.24, 2.45) is 0 Å². The van der Waals surface area contributed by atoms with Gasteiger partial charge in [0.25, 0.3) is 0 Å². The van der Waals surface area contributed by atoms with Crippen molar-refractivity contribution < 1.29 is 4.79 Å². The molecule has 0 aliphatic rings. The van der Waals surface area contributed by atoms with Crippen molar-refractivity contribution >= 4 is 5.78 Å². The fourth-order valence-corrected chi connectivity index (χ4v) is 1.42. The molecule has 0 atom stereocenters. The molecule has 0 spiro atoms. The van der Waals surface area contributed by atoms with E-state index in [-0.39, 0.29) is 5.78 Å². The molecule has 0 radical (unpaired) electrons. The summed E-state index contributed by atoms with van der Waals surface area (Å²) in [4.78, 5) is 11.7. The quantitative estimate of drug-likeness (QED) is 0.400. The van der Waals surface area contributed by atoms with E-state index in [0.717, 1.165) is 18.4 Å². The molecule has 0 aliphatic heterocycles. The van der Waals surface area contributed by atoms with E-state index in [1.165, 1.54) is 5.57 Å². The van der Waals surface area contributed by atoms with Gasteiger partial charge >= 0.3 is 0 Å². The van der Waals surface area contributed by atoms with Gasteiger partial charge in [0, 0.05) is 12.0 Å². The van der Waals surface area contributed by atoms with E-state index in [4.69, 9.17) is 0 Å². The Bertz CT molecular complexity index is 332. The van der Waals surface area contributed by atoms with Gasteiger partial charge in [0.05, 0.1) is 0 Å². The molecule has 15 heavy (non-hydrogen) atoms. The van der Waals surface area contributed by atoms with Crippen molar-refractivity contribution in [1.82, 2.24) is 0 Å². The molecule has 1 aromatic carbocycles. The second kappa shape index (κ2) is 6.18. The van der Waals surface area contributed by atoms with Crippen LogP contribution in [0.2, 0.25) is 0 Å². The van der Waals surface area contributed by atoms with Crippen molar-refractivity contribution in [3.63, 3.8) is 0 Å². The van der Waals surface area contributed by atoms with Crippen molar-refractivity contribution in [3.8, 4) is 0 Å². The number of allylic oxidation sites excluding steroid dienone is 2. The Kier molecular flexibility index (Phi) is 4.82. The number of carbonyl (C=O) groups is 1. The number of benzene rings is 1. The van der Waals surface area contributed by atoms with Crippen molar-refractivity contribution in [2.45, 2.75) is 33.1 Å². The highest BCUT2D eigenvalue weighted by Crippen LogP contribution is 2.07. The topological polar surface area (TPSA) is 17.1 Å². The summed E-state index contributed by atoms with van der Waals surface area (Å²) in [6.45, 7) is 4.16. The summed E-state index contributed by atoms with van der Waals surface area (Å²) in [5.41, 5.74) is 2.15. The maximum atomic E-state index is 11.7. The van der Waals surface area contributed by atoms with Crippen LogP contribution < -0.4 is 0 Å². The van der Waals surface area contributed by atoms with Crippen LogP contribution in [-0.4, -0.2) is 5.78 Å². The average Bonchev–Trinajstić information content (AvgIpc) is 2.25. The van der Waals surface area contributed by atoms with Crippen molar-refractivity contribution in [1.29, 1.82) is 0 Å². The Balaban J connectivity index is 2.35. The fraction of sp³-hybridized carbons (Fsp3) is 0.357. The van der Waals surface area contributed by atoms with Crippen LogP contribution in [0.25, 0.3) is 0 Å². The second-order valence-corrected chi connectivity index (χ2v) is 3.96. The highest BCUT2D eigenvalue weighted by molar-refractivity contribution is 5.95. The van der Waals surface area contributed by atoms with E-state index in [1.54, 1.807) is 0 Å². The molecular weight excluding hydrogens is 184 g/mol. The third-order valence-electron chi connectivity index (χ3n) is 2.26. The molecule has 0 heterocycles. The van der Waals surface area contributed by atoms with Gasteiger partial charge in [0.1, 0.15) is 0 Å². The summed E-state index contributed by atoms with van der Waals surface area (Å²) in [6, 6.07) is 9.50. The van der Waals surface area contributed by atoms with Crippen LogP contribution in [0.3, 0.4) is 0 Å². The Morgan fingerprint density at radius 3 is 2.47 bits per heavy atom. The van der Waals surface area contributed by atoms with Crippen LogP contribution in [0.5, 0.6) is 0 Å². The van der Waals surface area contributed by atoms with E-state index in [9.17, 15) is 4.79 Å². The zero-order valence-electron chi connectivity index (χ0n) is 9.49. The van der Waals surface area contributed by atoms with E-state index < -0.39 is 0 Å². The predicted molar refractivity (Wildman–Crippen MR) is 64.1 cm³/mol. The Morgan fingerprint density at radius 1 is 1.20 bits per heavy atom. The van der Waals surface area contributed by atoms with E-state index in [1.807, 2.05) is 30.3 Å². The van der Waals surface area contributed by atoms with Crippen molar-refractivity contribution in [3.05, 3.63) is 47.5 Å². The lowest BCUT2D eigenvalue weighted by Gasteiger charge is -1.99. The smallest absolute Gasteiger partial charge is 0.162 e. The lowest BCUT2D eigenvalue weighted by Crippen LogP contribution is -1.97. The Labute approximate surface area is 91.8 Å². The number of hydrogen-bond donors (Lipinski definition) is 0. The van der Waals surface area contributed by atoms with Crippen LogP contribution in [0.4, 0.5) is 0 Å². The van der Waals surface area contributed by atoms with Crippen LogP contribution >= 0.6 is 0 Å². The summed E-state index contributed by atoms with van der Waals surface area (Å²) in [7, 11) is 0. The lowest BCUT2D eigenvalue weighted by atomic mass is 10.1. The maximum Gasteiger partial charge on any atom is 0.162 e. The van der Waals surface area contributed by atoms with E-state index in [2.05, 4.69) is 19.9 Å². The number of rotatable bonds is 5. The SMILES string of the molecule is CC(C)=CCCCC(=O)c1ccccc1. The van der Waals surface area contributed by atoms with Gasteiger partial charge in [0.15, 0.2) is 5.78 Å². The number of hydrogen-bond acceptors (Lipinski definition) is 1. The minimum Gasteiger partial charge on any atom is -0.294 e. The van der Waals surface area contributed by atoms with E-state index >= 15 is 0 Å². The highest BCUT2D eigenvalue weighted by atomic mass is 16.1. The molecule has 0 N–H and O–H groups in total. The van der Waals surface area contributed by atoms with Crippen LogP contribution in [0.15, 0.2) is 42.0 Å². The normalized spacial score (nSPS) is 9.73.